The number of hydrogen-bond acceptors (Lipinski definition) is 5. The molecular formula is C22H18N2O5. The molecule has 0 saturated heterocycles. The van der Waals surface area contributed by atoms with E-state index in [2.05, 4.69) is 10.6 Å². The van der Waals surface area contributed by atoms with Gasteiger partial charge in [0.2, 0.25) is 5.91 Å². The molecule has 29 heavy (non-hydrogen) atoms. The molecule has 0 bridgehead atoms. The zero-order valence-electron chi connectivity index (χ0n) is 15.2. The van der Waals surface area contributed by atoms with E-state index in [0.717, 1.165) is 0 Å². The standard InChI is InChI=1S/C22H18N2O5/c25-18-8-1-14(2-9-18)22(29)24-17-6-4-16(5-7-17)23-21(28)12-3-15-13-19(26)10-11-20(15)27/h1-13,25-27H,(H,23,28)(H,24,29)/b12-3+. The Bertz CT molecular complexity index is 1060. The molecule has 7 nitrogen and oxygen atoms in total. The van der Waals surface area contributed by atoms with Gasteiger partial charge in [-0.2, -0.15) is 0 Å². The molecule has 2 amide bonds. The zero-order valence-corrected chi connectivity index (χ0v) is 15.2. The van der Waals surface area contributed by atoms with Crippen LogP contribution < -0.4 is 10.6 Å². The van der Waals surface area contributed by atoms with Crippen molar-refractivity contribution in [3.05, 3.63) is 83.9 Å². The Balaban J connectivity index is 1.59. The molecule has 0 radical (unpaired) electrons. The van der Waals surface area contributed by atoms with E-state index < -0.39 is 5.91 Å². The van der Waals surface area contributed by atoms with Crippen LogP contribution in [0.4, 0.5) is 11.4 Å². The lowest BCUT2D eigenvalue weighted by molar-refractivity contribution is -0.111. The fourth-order valence-electron chi connectivity index (χ4n) is 2.48. The summed E-state index contributed by atoms with van der Waals surface area (Å²) >= 11 is 0. The summed E-state index contributed by atoms with van der Waals surface area (Å²) in [6.45, 7) is 0. The lowest BCUT2D eigenvalue weighted by atomic mass is 10.1. The molecule has 146 valence electrons. The van der Waals surface area contributed by atoms with E-state index in [1.54, 1.807) is 24.3 Å². The van der Waals surface area contributed by atoms with Crippen LogP contribution in [0.3, 0.4) is 0 Å². The number of rotatable bonds is 5. The predicted molar refractivity (Wildman–Crippen MR) is 110 cm³/mol. The monoisotopic (exact) mass is 390 g/mol. The largest absolute Gasteiger partial charge is 0.508 e. The SMILES string of the molecule is O=C(/C=C/c1cc(O)ccc1O)Nc1ccc(NC(=O)c2ccc(O)cc2)cc1. The van der Waals surface area contributed by atoms with Crippen LogP contribution in [0.1, 0.15) is 15.9 Å². The van der Waals surface area contributed by atoms with Crippen LogP contribution in [-0.2, 0) is 4.79 Å². The maximum Gasteiger partial charge on any atom is 0.255 e. The van der Waals surface area contributed by atoms with Crippen molar-refractivity contribution >= 4 is 29.3 Å². The number of aromatic hydroxyl groups is 3. The molecule has 3 aromatic carbocycles. The summed E-state index contributed by atoms with van der Waals surface area (Å²) in [4.78, 5) is 24.2. The molecule has 0 aliphatic heterocycles. The summed E-state index contributed by atoms with van der Waals surface area (Å²) in [6, 6.07) is 16.4. The molecule has 0 atom stereocenters. The van der Waals surface area contributed by atoms with E-state index in [1.807, 2.05) is 0 Å². The average molecular weight is 390 g/mol. The van der Waals surface area contributed by atoms with E-state index in [0.29, 0.717) is 22.5 Å². The van der Waals surface area contributed by atoms with E-state index in [-0.39, 0.29) is 23.2 Å². The Morgan fingerprint density at radius 2 is 1.31 bits per heavy atom. The maximum absolute atomic E-state index is 12.1. The minimum atomic E-state index is -0.423. The van der Waals surface area contributed by atoms with Crippen LogP contribution >= 0.6 is 0 Å². The van der Waals surface area contributed by atoms with Gasteiger partial charge in [0.15, 0.2) is 0 Å². The minimum absolute atomic E-state index is 0.0206. The van der Waals surface area contributed by atoms with E-state index >= 15 is 0 Å². The number of phenolic OH excluding ortho intramolecular Hbond substituents is 3. The first-order valence-electron chi connectivity index (χ1n) is 8.62. The van der Waals surface area contributed by atoms with E-state index in [1.165, 1.54) is 54.6 Å². The molecule has 3 aromatic rings. The van der Waals surface area contributed by atoms with Gasteiger partial charge < -0.3 is 26.0 Å². The van der Waals surface area contributed by atoms with Crippen molar-refractivity contribution < 1.29 is 24.9 Å². The van der Waals surface area contributed by atoms with Crippen molar-refractivity contribution in [1.29, 1.82) is 0 Å². The Hall–Kier alpha value is -4.26. The summed E-state index contributed by atoms with van der Waals surface area (Å²) in [7, 11) is 0. The molecule has 0 aliphatic carbocycles. The Morgan fingerprint density at radius 1 is 0.724 bits per heavy atom. The third-order valence-corrected chi connectivity index (χ3v) is 3.97. The van der Waals surface area contributed by atoms with Gasteiger partial charge >= 0.3 is 0 Å². The van der Waals surface area contributed by atoms with Gasteiger partial charge in [-0.15, -0.1) is 0 Å². The number of carbonyl (C=O) groups is 2. The van der Waals surface area contributed by atoms with Crippen LogP contribution in [0.15, 0.2) is 72.8 Å². The Kier molecular flexibility index (Phi) is 5.80. The van der Waals surface area contributed by atoms with Crippen molar-refractivity contribution in [3.63, 3.8) is 0 Å². The molecule has 0 saturated carbocycles. The fourth-order valence-corrected chi connectivity index (χ4v) is 2.48. The van der Waals surface area contributed by atoms with Gasteiger partial charge in [-0.25, -0.2) is 0 Å². The lowest BCUT2D eigenvalue weighted by Crippen LogP contribution is -2.12. The highest BCUT2D eigenvalue weighted by atomic mass is 16.3. The first-order chi connectivity index (χ1) is 13.9. The number of amides is 2. The van der Waals surface area contributed by atoms with Gasteiger partial charge in [0, 0.05) is 28.6 Å². The highest BCUT2D eigenvalue weighted by Gasteiger charge is 2.06. The number of hydrogen-bond donors (Lipinski definition) is 5. The van der Waals surface area contributed by atoms with Crippen molar-refractivity contribution in [2.75, 3.05) is 10.6 Å². The highest BCUT2D eigenvalue weighted by Crippen LogP contribution is 2.23. The molecule has 0 aromatic heterocycles. The van der Waals surface area contributed by atoms with Crippen LogP contribution in [0.5, 0.6) is 17.2 Å². The minimum Gasteiger partial charge on any atom is -0.508 e. The van der Waals surface area contributed by atoms with Crippen molar-refractivity contribution in [2.24, 2.45) is 0 Å². The molecular weight excluding hydrogens is 372 g/mol. The quantitative estimate of drug-likeness (QED) is 0.336. The molecule has 0 aliphatic rings. The maximum atomic E-state index is 12.1. The fraction of sp³-hybridized carbons (Fsp3) is 0. The first-order valence-corrected chi connectivity index (χ1v) is 8.62. The van der Waals surface area contributed by atoms with Gasteiger partial charge in [-0.1, -0.05) is 0 Å². The third-order valence-electron chi connectivity index (χ3n) is 3.97. The summed E-state index contributed by atoms with van der Waals surface area (Å²) in [6.07, 6.45) is 2.62. The number of anilines is 2. The highest BCUT2D eigenvalue weighted by molar-refractivity contribution is 6.05. The third kappa shape index (κ3) is 5.36. The normalized spacial score (nSPS) is 10.6. The summed E-state index contributed by atoms with van der Waals surface area (Å²) in [5.74, 6) is -0.743. The second-order valence-corrected chi connectivity index (χ2v) is 6.14. The molecule has 7 heteroatoms. The van der Waals surface area contributed by atoms with Crippen LogP contribution in [0.25, 0.3) is 6.08 Å². The Labute approximate surface area is 166 Å². The van der Waals surface area contributed by atoms with E-state index in [4.69, 9.17) is 0 Å². The molecule has 5 N–H and O–H groups in total. The van der Waals surface area contributed by atoms with Gasteiger partial charge in [0.25, 0.3) is 5.91 Å². The van der Waals surface area contributed by atoms with Gasteiger partial charge in [0.05, 0.1) is 0 Å². The van der Waals surface area contributed by atoms with Crippen LogP contribution in [0, 0.1) is 0 Å². The molecule has 3 rings (SSSR count). The molecule has 0 unspecified atom stereocenters. The first kappa shape index (κ1) is 19.5. The van der Waals surface area contributed by atoms with E-state index in [9.17, 15) is 24.9 Å². The number of benzene rings is 3. The molecule has 0 spiro atoms. The number of nitrogens with one attached hydrogen (secondary N) is 2. The Morgan fingerprint density at radius 3 is 1.97 bits per heavy atom. The lowest BCUT2D eigenvalue weighted by Gasteiger charge is -2.07. The second kappa shape index (κ2) is 8.62. The zero-order chi connectivity index (χ0) is 20.8. The topological polar surface area (TPSA) is 119 Å². The predicted octanol–water partition coefficient (Wildman–Crippen LogP) is 3.71. The van der Waals surface area contributed by atoms with Crippen molar-refractivity contribution in [3.8, 4) is 17.2 Å². The molecule has 0 fully saturated rings. The van der Waals surface area contributed by atoms with Crippen LogP contribution in [-0.4, -0.2) is 27.1 Å². The van der Waals surface area contributed by atoms with Gasteiger partial charge in [-0.05, 0) is 72.8 Å². The number of carbonyl (C=O) groups excluding carboxylic acids is 2. The average Bonchev–Trinajstić information content (AvgIpc) is 2.70. The van der Waals surface area contributed by atoms with Crippen LogP contribution in [0.2, 0.25) is 0 Å². The van der Waals surface area contributed by atoms with Gasteiger partial charge in [0.1, 0.15) is 17.2 Å². The number of phenols is 3. The van der Waals surface area contributed by atoms with Gasteiger partial charge in [-0.3, -0.25) is 9.59 Å². The second-order valence-electron chi connectivity index (χ2n) is 6.14. The van der Waals surface area contributed by atoms with Crippen molar-refractivity contribution in [1.82, 2.24) is 0 Å². The summed E-state index contributed by atoms with van der Waals surface area (Å²) in [5.41, 5.74) is 1.77. The summed E-state index contributed by atoms with van der Waals surface area (Å²) < 4.78 is 0. The smallest absolute Gasteiger partial charge is 0.255 e. The molecule has 0 heterocycles. The summed E-state index contributed by atoms with van der Waals surface area (Å²) in [5, 5.41) is 33.8. The van der Waals surface area contributed by atoms with Crippen molar-refractivity contribution in [2.45, 2.75) is 0 Å².